The topological polar surface area (TPSA) is 17.1 Å². The summed E-state index contributed by atoms with van der Waals surface area (Å²) in [5.41, 5.74) is 11.0. The van der Waals surface area contributed by atoms with Crippen LogP contribution in [0.2, 0.25) is 0 Å². The van der Waals surface area contributed by atoms with Crippen LogP contribution in [0.25, 0.3) is 16.7 Å². The minimum absolute atomic E-state index is 0.291. The van der Waals surface area contributed by atoms with Gasteiger partial charge >= 0.3 is 0 Å². The Hall–Kier alpha value is -2.67. The molecule has 0 unspecified atom stereocenters. The Morgan fingerprint density at radius 2 is 1.79 bits per heavy atom. The summed E-state index contributed by atoms with van der Waals surface area (Å²) in [4.78, 5) is 12.6. The van der Waals surface area contributed by atoms with Crippen LogP contribution in [0.15, 0.2) is 60.7 Å². The van der Waals surface area contributed by atoms with E-state index in [-0.39, 0.29) is 0 Å². The van der Waals surface area contributed by atoms with Crippen molar-refractivity contribution in [1.82, 2.24) is 0 Å². The van der Waals surface area contributed by atoms with Crippen molar-refractivity contribution >= 4 is 11.4 Å². The third kappa shape index (κ3) is 5.82. The first-order valence-electron chi connectivity index (χ1n) is 12.7. The number of aryl methyl sites for hydroxylation is 2. The zero-order valence-electron chi connectivity index (χ0n) is 21.3. The van der Waals surface area contributed by atoms with Crippen molar-refractivity contribution in [2.75, 3.05) is 0 Å². The summed E-state index contributed by atoms with van der Waals surface area (Å²) in [6.07, 6.45) is 13.8. The van der Waals surface area contributed by atoms with Gasteiger partial charge < -0.3 is 0 Å². The van der Waals surface area contributed by atoms with Crippen LogP contribution in [0.1, 0.15) is 92.4 Å². The molecule has 1 aliphatic rings. The number of hydrogen-bond donors (Lipinski definition) is 0. The van der Waals surface area contributed by atoms with Gasteiger partial charge in [-0.3, -0.25) is 4.79 Å². The van der Waals surface area contributed by atoms with Gasteiger partial charge in [0, 0.05) is 12.0 Å². The van der Waals surface area contributed by atoms with Crippen molar-refractivity contribution in [2.45, 2.75) is 79.6 Å². The molecule has 0 amide bonds. The predicted molar refractivity (Wildman–Crippen MR) is 144 cm³/mol. The third-order valence-electron chi connectivity index (χ3n) is 7.17. The highest BCUT2D eigenvalue weighted by Gasteiger charge is 2.25. The quantitative estimate of drug-likeness (QED) is 0.337. The van der Waals surface area contributed by atoms with Crippen LogP contribution >= 0.6 is 0 Å². The van der Waals surface area contributed by atoms with Gasteiger partial charge in [0.2, 0.25) is 0 Å². The molecule has 1 aliphatic carbocycles. The lowest BCUT2D eigenvalue weighted by Gasteiger charge is -2.19. The van der Waals surface area contributed by atoms with Crippen molar-refractivity contribution in [2.24, 2.45) is 5.92 Å². The van der Waals surface area contributed by atoms with Crippen LogP contribution in [0.3, 0.4) is 0 Å². The highest BCUT2D eigenvalue weighted by atomic mass is 16.1. The van der Waals surface area contributed by atoms with Crippen molar-refractivity contribution < 1.29 is 4.79 Å². The minimum Gasteiger partial charge on any atom is -0.294 e. The van der Waals surface area contributed by atoms with Gasteiger partial charge in [-0.25, -0.2) is 0 Å². The normalized spacial score (nSPS) is 13.4. The summed E-state index contributed by atoms with van der Waals surface area (Å²) in [6.45, 7) is 15.1. The number of allylic oxidation sites excluding steroid dienone is 5. The Morgan fingerprint density at radius 1 is 1.03 bits per heavy atom. The van der Waals surface area contributed by atoms with E-state index in [1.165, 1.54) is 64.6 Å². The van der Waals surface area contributed by atoms with Crippen molar-refractivity contribution in [3.8, 4) is 11.1 Å². The summed E-state index contributed by atoms with van der Waals surface area (Å²) in [7, 11) is 0. The Bertz CT molecular complexity index is 1070. The molecule has 0 radical (unpaired) electrons. The SMILES string of the molecule is C=C/C(=C\C=C(C)C)c1ccc(C)c(-c2c(CCCC(CC)CC)ccc3c2CCC3=O)c1. The lowest BCUT2D eigenvalue weighted by atomic mass is 9.85. The van der Waals surface area contributed by atoms with E-state index in [9.17, 15) is 4.79 Å². The molecule has 0 fully saturated rings. The van der Waals surface area contributed by atoms with Crippen LogP contribution in [0, 0.1) is 12.8 Å². The number of ketones is 1. The molecular weight excluding hydrogens is 400 g/mol. The van der Waals surface area contributed by atoms with E-state index < -0.39 is 0 Å². The average molecular weight is 441 g/mol. The van der Waals surface area contributed by atoms with Crippen molar-refractivity contribution in [3.63, 3.8) is 0 Å². The summed E-state index contributed by atoms with van der Waals surface area (Å²) in [5.74, 6) is 1.10. The molecule has 1 nitrogen and oxygen atoms in total. The fourth-order valence-electron chi connectivity index (χ4n) is 5.02. The molecule has 0 aromatic heterocycles. The fraction of sp³-hybridized carbons (Fsp3) is 0.406. The monoisotopic (exact) mass is 440 g/mol. The lowest BCUT2D eigenvalue weighted by molar-refractivity contribution is 0.0994. The number of rotatable bonds is 10. The van der Waals surface area contributed by atoms with E-state index in [1.54, 1.807) is 0 Å². The number of Topliss-reactive ketones (excluding diaryl/α,β-unsaturated/α-hetero) is 1. The van der Waals surface area contributed by atoms with Crippen LogP contribution < -0.4 is 0 Å². The van der Waals surface area contributed by atoms with E-state index in [2.05, 4.69) is 83.7 Å². The summed E-state index contributed by atoms with van der Waals surface area (Å²) in [6, 6.07) is 11.0. The minimum atomic E-state index is 0.291. The Kier molecular flexibility index (Phi) is 8.67. The molecule has 174 valence electrons. The maximum Gasteiger partial charge on any atom is 0.163 e. The molecule has 3 rings (SSSR count). The summed E-state index contributed by atoms with van der Waals surface area (Å²) in [5, 5.41) is 0. The average Bonchev–Trinajstić information content (AvgIpc) is 3.18. The molecule has 2 aromatic rings. The second-order valence-electron chi connectivity index (χ2n) is 9.72. The molecule has 0 saturated carbocycles. The first-order valence-corrected chi connectivity index (χ1v) is 12.7. The molecule has 2 aromatic carbocycles. The van der Waals surface area contributed by atoms with Gasteiger partial charge in [0.05, 0.1) is 0 Å². The molecule has 33 heavy (non-hydrogen) atoms. The first kappa shape index (κ1) is 25.0. The van der Waals surface area contributed by atoms with E-state index >= 15 is 0 Å². The van der Waals surface area contributed by atoms with Crippen LogP contribution in [-0.4, -0.2) is 5.78 Å². The van der Waals surface area contributed by atoms with Crippen molar-refractivity contribution in [1.29, 1.82) is 0 Å². The van der Waals surface area contributed by atoms with Gasteiger partial charge in [-0.05, 0) is 91.0 Å². The van der Waals surface area contributed by atoms with E-state index in [0.717, 1.165) is 29.9 Å². The molecule has 0 bridgehead atoms. The molecule has 0 atom stereocenters. The van der Waals surface area contributed by atoms with Crippen molar-refractivity contribution in [3.05, 3.63) is 88.5 Å². The van der Waals surface area contributed by atoms with Crippen LogP contribution in [0.5, 0.6) is 0 Å². The highest BCUT2D eigenvalue weighted by Crippen LogP contribution is 2.39. The largest absolute Gasteiger partial charge is 0.294 e. The molecule has 0 saturated heterocycles. The highest BCUT2D eigenvalue weighted by molar-refractivity contribution is 6.03. The van der Waals surface area contributed by atoms with E-state index in [4.69, 9.17) is 0 Å². The van der Waals surface area contributed by atoms with Gasteiger partial charge in [-0.15, -0.1) is 0 Å². The molecular formula is C32H40O. The number of hydrogen-bond acceptors (Lipinski definition) is 1. The van der Waals surface area contributed by atoms with Crippen LogP contribution in [0.4, 0.5) is 0 Å². The Balaban J connectivity index is 2.09. The Morgan fingerprint density at radius 3 is 2.45 bits per heavy atom. The van der Waals surface area contributed by atoms with Gasteiger partial charge in [0.1, 0.15) is 0 Å². The fourth-order valence-corrected chi connectivity index (χ4v) is 5.02. The molecule has 0 heterocycles. The molecule has 0 aliphatic heterocycles. The van der Waals surface area contributed by atoms with E-state index in [0.29, 0.717) is 12.2 Å². The molecule has 0 spiro atoms. The molecule has 0 N–H and O–H groups in total. The zero-order valence-corrected chi connectivity index (χ0v) is 21.3. The van der Waals surface area contributed by atoms with Gasteiger partial charge in [-0.1, -0.05) is 87.8 Å². The standard InChI is InChI=1S/C32H40O/c1-7-24(8-2)11-10-12-26-17-18-28-29(19-20-31(28)33)32(26)30-21-27(16-14-23(30)6)25(9-3)15-13-22(4)5/h9,13-18,21,24H,3,7-8,10-12,19-20H2,1-2,4-6H3/b25-15+. The Labute approximate surface area is 201 Å². The summed E-state index contributed by atoms with van der Waals surface area (Å²) >= 11 is 0. The second kappa shape index (κ2) is 11.5. The zero-order chi connectivity index (χ0) is 24.0. The number of carbonyl (C=O) groups is 1. The van der Waals surface area contributed by atoms with Gasteiger partial charge in [0.25, 0.3) is 0 Å². The van der Waals surface area contributed by atoms with E-state index in [1.807, 2.05) is 6.08 Å². The first-order chi connectivity index (χ1) is 15.9. The molecule has 1 heteroatoms. The second-order valence-corrected chi connectivity index (χ2v) is 9.72. The maximum atomic E-state index is 12.6. The van der Waals surface area contributed by atoms with Gasteiger partial charge in [-0.2, -0.15) is 0 Å². The summed E-state index contributed by atoms with van der Waals surface area (Å²) < 4.78 is 0. The lowest BCUT2D eigenvalue weighted by Crippen LogP contribution is -2.02. The van der Waals surface area contributed by atoms with Gasteiger partial charge in [0.15, 0.2) is 5.78 Å². The van der Waals surface area contributed by atoms with Crippen LogP contribution in [-0.2, 0) is 12.8 Å². The smallest absolute Gasteiger partial charge is 0.163 e. The predicted octanol–water partition coefficient (Wildman–Crippen LogP) is 9.09. The number of carbonyl (C=O) groups excluding carboxylic acids is 1. The number of benzene rings is 2. The maximum absolute atomic E-state index is 12.6. The third-order valence-corrected chi connectivity index (χ3v) is 7.17. The number of fused-ring (bicyclic) bond motifs is 1.